The molecule has 7 nitrogen and oxygen atoms in total. The Kier molecular flexibility index (Phi) is 5.35. The molecule has 138 valence electrons. The molecule has 2 aromatic rings. The fourth-order valence-corrected chi connectivity index (χ4v) is 3.43. The molecule has 1 heterocycles. The Morgan fingerprint density at radius 1 is 1.23 bits per heavy atom. The van der Waals surface area contributed by atoms with Crippen LogP contribution in [0.5, 0.6) is 0 Å². The van der Waals surface area contributed by atoms with E-state index in [4.69, 9.17) is 4.74 Å². The Labute approximate surface area is 152 Å². The third-order valence-corrected chi connectivity index (χ3v) is 4.87. The van der Waals surface area contributed by atoms with Gasteiger partial charge in [0.25, 0.3) is 0 Å². The van der Waals surface area contributed by atoms with Gasteiger partial charge in [0.15, 0.2) is 0 Å². The number of rotatable bonds is 5. The smallest absolute Gasteiger partial charge is 0.338 e. The van der Waals surface area contributed by atoms with Crippen molar-refractivity contribution in [3.8, 4) is 0 Å². The molecule has 0 aliphatic heterocycles. The van der Waals surface area contributed by atoms with E-state index in [1.807, 2.05) is 12.1 Å². The van der Waals surface area contributed by atoms with Gasteiger partial charge in [-0.05, 0) is 57.2 Å². The first-order chi connectivity index (χ1) is 12.5. The van der Waals surface area contributed by atoms with Crippen LogP contribution in [0.15, 0.2) is 24.3 Å². The molecule has 7 heteroatoms. The van der Waals surface area contributed by atoms with Crippen LogP contribution in [0.1, 0.15) is 59.4 Å². The number of nitro groups is 1. The lowest BCUT2D eigenvalue weighted by atomic mass is 9.98. The fourth-order valence-electron chi connectivity index (χ4n) is 3.43. The molecule has 1 fully saturated rings. The largest absolute Gasteiger partial charge is 0.459 e. The van der Waals surface area contributed by atoms with Gasteiger partial charge in [0.1, 0.15) is 17.5 Å². The topological polar surface area (TPSA) is 87.3 Å². The fraction of sp³-hybridized carbons (Fsp3) is 0.474. The summed E-state index contributed by atoms with van der Waals surface area (Å²) >= 11 is 0. The van der Waals surface area contributed by atoms with Crippen molar-refractivity contribution in [1.29, 1.82) is 0 Å². The van der Waals surface area contributed by atoms with Gasteiger partial charge >= 0.3 is 11.7 Å². The second-order valence-electron chi connectivity index (χ2n) is 6.80. The van der Waals surface area contributed by atoms with Crippen LogP contribution in [-0.2, 0) is 11.3 Å². The first-order valence-corrected chi connectivity index (χ1v) is 8.94. The second-order valence-corrected chi connectivity index (χ2v) is 6.80. The SMILES string of the molecule is Cc1nn(Cc2ccc(C(=O)OC3CCCCC3)cc2)c(C)c1[N+](=O)[O-]. The van der Waals surface area contributed by atoms with Gasteiger partial charge in [-0.2, -0.15) is 5.10 Å². The van der Waals surface area contributed by atoms with Gasteiger partial charge in [0, 0.05) is 0 Å². The first-order valence-electron chi connectivity index (χ1n) is 8.94. The van der Waals surface area contributed by atoms with Crippen molar-refractivity contribution in [2.24, 2.45) is 0 Å². The van der Waals surface area contributed by atoms with Crippen LogP contribution < -0.4 is 0 Å². The summed E-state index contributed by atoms with van der Waals surface area (Å²) in [5.74, 6) is -0.287. The van der Waals surface area contributed by atoms with Crippen LogP contribution in [0.2, 0.25) is 0 Å². The van der Waals surface area contributed by atoms with Gasteiger partial charge in [-0.3, -0.25) is 14.8 Å². The highest BCUT2D eigenvalue weighted by Gasteiger charge is 2.22. The predicted molar refractivity (Wildman–Crippen MR) is 96.2 cm³/mol. The average molecular weight is 357 g/mol. The monoisotopic (exact) mass is 357 g/mol. The number of ether oxygens (including phenoxy) is 1. The summed E-state index contributed by atoms with van der Waals surface area (Å²) in [6, 6.07) is 7.14. The summed E-state index contributed by atoms with van der Waals surface area (Å²) in [4.78, 5) is 22.9. The zero-order chi connectivity index (χ0) is 18.7. The highest BCUT2D eigenvalue weighted by molar-refractivity contribution is 5.89. The lowest BCUT2D eigenvalue weighted by molar-refractivity contribution is -0.386. The third kappa shape index (κ3) is 3.92. The van der Waals surface area contributed by atoms with Crippen LogP contribution in [0.4, 0.5) is 5.69 Å². The van der Waals surface area contributed by atoms with Gasteiger partial charge in [-0.15, -0.1) is 0 Å². The molecule has 3 rings (SSSR count). The maximum Gasteiger partial charge on any atom is 0.338 e. The molecule has 0 atom stereocenters. The first kappa shape index (κ1) is 18.1. The Balaban J connectivity index is 1.67. The van der Waals surface area contributed by atoms with Gasteiger partial charge in [0.2, 0.25) is 0 Å². The molecular formula is C19H23N3O4. The second kappa shape index (κ2) is 7.68. The Morgan fingerprint density at radius 2 is 1.88 bits per heavy atom. The molecule has 1 aliphatic rings. The molecule has 0 spiro atoms. The number of hydrogen-bond donors (Lipinski definition) is 0. The molecular weight excluding hydrogens is 334 g/mol. The summed E-state index contributed by atoms with van der Waals surface area (Å²) in [7, 11) is 0. The molecule has 1 aromatic carbocycles. The van der Waals surface area contributed by atoms with Crippen LogP contribution in [0.25, 0.3) is 0 Å². The van der Waals surface area contributed by atoms with E-state index in [9.17, 15) is 14.9 Å². The van der Waals surface area contributed by atoms with E-state index >= 15 is 0 Å². The van der Waals surface area contributed by atoms with E-state index < -0.39 is 4.92 Å². The van der Waals surface area contributed by atoms with Crippen molar-refractivity contribution in [2.75, 3.05) is 0 Å². The highest BCUT2D eigenvalue weighted by Crippen LogP contribution is 2.23. The van der Waals surface area contributed by atoms with E-state index in [0.29, 0.717) is 23.5 Å². The van der Waals surface area contributed by atoms with Crippen LogP contribution >= 0.6 is 0 Å². The zero-order valence-electron chi connectivity index (χ0n) is 15.1. The summed E-state index contributed by atoms with van der Waals surface area (Å²) < 4.78 is 7.18. The number of hydrogen-bond acceptors (Lipinski definition) is 5. The maximum atomic E-state index is 12.2. The Morgan fingerprint density at radius 3 is 2.46 bits per heavy atom. The van der Waals surface area contributed by atoms with Crippen LogP contribution in [-0.4, -0.2) is 26.8 Å². The summed E-state index contributed by atoms with van der Waals surface area (Å²) in [5, 5.41) is 15.3. The van der Waals surface area contributed by atoms with E-state index in [1.165, 1.54) is 6.42 Å². The molecule has 26 heavy (non-hydrogen) atoms. The lowest BCUT2D eigenvalue weighted by Gasteiger charge is -2.21. The molecule has 1 aliphatic carbocycles. The normalized spacial score (nSPS) is 15.0. The van der Waals surface area contributed by atoms with Crippen molar-refractivity contribution in [3.63, 3.8) is 0 Å². The molecule has 0 radical (unpaired) electrons. The molecule has 0 amide bonds. The number of esters is 1. The standard InChI is InChI=1S/C19H23N3O4/c1-13-18(22(24)25)14(2)21(20-13)12-15-8-10-16(11-9-15)19(23)26-17-6-4-3-5-7-17/h8-11,17H,3-7,12H2,1-2H3. The number of benzene rings is 1. The minimum Gasteiger partial charge on any atom is -0.459 e. The van der Waals surface area contributed by atoms with E-state index in [-0.39, 0.29) is 17.8 Å². The summed E-state index contributed by atoms with van der Waals surface area (Å²) in [6.07, 6.45) is 5.37. The highest BCUT2D eigenvalue weighted by atomic mass is 16.6. The predicted octanol–water partition coefficient (Wildman–Crippen LogP) is 3.95. The maximum absolute atomic E-state index is 12.2. The molecule has 0 unspecified atom stereocenters. The number of aryl methyl sites for hydroxylation is 1. The van der Waals surface area contributed by atoms with Gasteiger partial charge in [-0.25, -0.2) is 4.79 Å². The lowest BCUT2D eigenvalue weighted by Crippen LogP contribution is -2.20. The van der Waals surface area contributed by atoms with Crippen molar-refractivity contribution >= 4 is 11.7 Å². The van der Waals surface area contributed by atoms with Gasteiger partial charge in [0.05, 0.1) is 17.0 Å². The van der Waals surface area contributed by atoms with Crippen LogP contribution in [0.3, 0.4) is 0 Å². The number of carbonyl (C=O) groups is 1. The Hall–Kier alpha value is -2.70. The number of nitrogens with zero attached hydrogens (tertiary/aromatic N) is 3. The van der Waals surface area contributed by atoms with Gasteiger partial charge in [-0.1, -0.05) is 18.6 Å². The number of carbonyl (C=O) groups excluding carboxylic acids is 1. The molecule has 0 N–H and O–H groups in total. The molecule has 0 bridgehead atoms. The van der Waals surface area contributed by atoms with E-state index in [2.05, 4.69) is 5.10 Å². The van der Waals surface area contributed by atoms with E-state index in [1.54, 1.807) is 30.7 Å². The van der Waals surface area contributed by atoms with Crippen LogP contribution in [0, 0.1) is 24.0 Å². The minimum absolute atomic E-state index is 0.0335. The van der Waals surface area contributed by atoms with Gasteiger partial charge < -0.3 is 4.74 Å². The van der Waals surface area contributed by atoms with Crippen molar-refractivity contribution in [1.82, 2.24) is 9.78 Å². The molecule has 1 aromatic heterocycles. The Bertz CT molecular complexity index is 805. The summed E-state index contributed by atoms with van der Waals surface area (Å²) in [5.41, 5.74) is 2.42. The van der Waals surface area contributed by atoms with Crippen molar-refractivity contribution < 1.29 is 14.5 Å². The van der Waals surface area contributed by atoms with Crippen molar-refractivity contribution in [2.45, 2.75) is 58.6 Å². The third-order valence-electron chi connectivity index (χ3n) is 4.87. The number of aromatic nitrogens is 2. The molecule has 0 saturated heterocycles. The minimum atomic E-state index is -0.404. The average Bonchev–Trinajstić information content (AvgIpc) is 2.90. The zero-order valence-corrected chi connectivity index (χ0v) is 15.1. The molecule has 1 saturated carbocycles. The summed E-state index contributed by atoms with van der Waals surface area (Å²) in [6.45, 7) is 3.73. The van der Waals surface area contributed by atoms with E-state index in [0.717, 1.165) is 31.2 Å². The quantitative estimate of drug-likeness (QED) is 0.459. The van der Waals surface area contributed by atoms with Crippen molar-refractivity contribution in [3.05, 3.63) is 56.9 Å².